The highest BCUT2D eigenvalue weighted by molar-refractivity contribution is 9.10. The number of rotatable bonds is 3. The number of alkyl halides is 1. The first kappa shape index (κ1) is 15.0. The highest BCUT2D eigenvalue weighted by atomic mass is 79.9. The highest BCUT2D eigenvalue weighted by Crippen LogP contribution is 2.27. The minimum atomic E-state index is -0.348. The second-order valence-electron chi connectivity index (χ2n) is 4.90. The minimum absolute atomic E-state index is 0.135. The summed E-state index contributed by atoms with van der Waals surface area (Å²) in [6.45, 7) is 0. The molecule has 0 spiro atoms. The lowest BCUT2D eigenvalue weighted by atomic mass is 9.86. The van der Waals surface area contributed by atoms with Gasteiger partial charge in [0.1, 0.15) is 5.82 Å². The van der Waals surface area contributed by atoms with Crippen molar-refractivity contribution < 1.29 is 9.18 Å². The topological polar surface area (TPSA) is 29.1 Å². The van der Waals surface area contributed by atoms with Gasteiger partial charge in [0.05, 0.1) is 5.56 Å². The van der Waals surface area contributed by atoms with E-state index in [2.05, 4.69) is 37.2 Å². The van der Waals surface area contributed by atoms with Gasteiger partial charge in [-0.25, -0.2) is 4.39 Å². The van der Waals surface area contributed by atoms with Gasteiger partial charge in [0, 0.05) is 15.8 Å². The molecule has 1 aliphatic carbocycles. The zero-order chi connectivity index (χ0) is 13.8. The molecule has 2 nitrogen and oxygen atoms in total. The number of amides is 1. The molecule has 2 atom stereocenters. The van der Waals surface area contributed by atoms with Crippen LogP contribution in [0.5, 0.6) is 0 Å². The molecule has 1 amide bonds. The third-order valence-electron chi connectivity index (χ3n) is 3.60. The zero-order valence-corrected chi connectivity index (χ0v) is 13.6. The standard InChI is InChI=1S/C14H16Br2FNO/c15-8-9-3-1-2-4-13(9)18-14(19)11-6-5-10(17)7-12(11)16/h5-7,9,13H,1-4,8H2,(H,18,19). The van der Waals surface area contributed by atoms with Crippen LogP contribution in [0, 0.1) is 11.7 Å². The number of hydrogen-bond acceptors (Lipinski definition) is 1. The van der Waals surface area contributed by atoms with Gasteiger partial charge in [0.25, 0.3) is 5.91 Å². The molecular formula is C14H16Br2FNO. The molecular weight excluding hydrogens is 377 g/mol. The predicted octanol–water partition coefficient (Wildman–Crippen LogP) is 4.27. The maximum Gasteiger partial charge on any atom is 0.252 e. The first-order valence-electron chi connectivity index (χ1n) is 6.43. The van der Waals surface area contributed by atoms with Gasteiger partial charge in [-0.05, 0) is 52.9 Å². The molecule has 1 saturated carbocycles. The van der Waals surface area contributed by atoms with Crippen LogP contribution in [0.15, 0.2) is 22.7 Å². The second kappa shape index (κ2) is 6.84. The van der Waals surface area contributed by atoms with Gasteiger partial charge in [-0.2, -0.15) is 0 Å². The molecule has 1 aliphatic rings. The number of nitrogens with one attached hydrogen (secondary N) is 1. The first-order chi connectivity index (χ1) is 9.11. The molecule has 0 aromatic heterocycles. The van der Waals surface area contributed by atoms with Crippen molar-refractivity contribution in [1.82, 2.24) is 5.32 Å². The van der Waals surface area contributed by atoms with Crippen LogP contribution in [0.4, 0.5) is 4.39 Å². The monoisotopic (exact) mass is 391 g/mol. The van der Waals surface area contributed by atoms with Crippen LogP contribution in [-0.2, 0) is 0 Å². The Bertz CT molecular complexity index is 467. The molecule has 0 bridgehead atoms. The lowest BCUT2D eigenvalue weighted by molar-refractivity contribution is 0.0911. The summed E-state index contributed by atoms with van der Waals surface area (Å²) in [5.74, 6) is 0.000995. The SMILES string of the molecule is O=C(NC1CCCCC1CBr)c1ccc(F)cc1Br. The van der Waals surface area contributed by atoms with E-state index in [1.165, 1.54) is 24.6 Å². The number of hydrogen-bond donors (Lipinski definition) is 1. The van der Waals surface area contributed by atoms with Crippen molar-refractivity contribution in [3.05, 3.63) is 34.1 Å². The lowest BCUT2D eigenvalue weighted by Gasteiger charge is -2.31. The highest BCUT2D eigenvalue weighted by Gasteiger charge is 2.26. The molecule has 5 heteroatoms. The van der Waals surface area contributed by atoms with Gasteiger partial charge in [0.15, 0.2) is 0 Å². The number of halogens is 3. The number of benzene rings is 1. The van der Waals surface area contributed by atoms with E-state index in [0.29, 0.717) is 16.0 Å². The fraction of sp³-hybridized carbons (Fsp3) is 0.500. The Morgan fingerprint density at radius 2 is 2.11 bits per heavy atom. The summed E-state index contributed by atoms with van der Waals surface area (Å²) in [6.07, 6.45) is 4.53. The molecule has 0 heterocycles. The Morgan fingerprint density at radius 3 is 2.79 bits per heavy atom. The maximum atomic E-state index is 13.0. The Kier molecular flexibility index (Phi) is 5.39. The molecule has 0 aliphatic heterocycles. The number of carbonyl (C=O) groups excluding carboxylic acids is 1. The summed E-state index contributed by atoms with van der Waals surface area (Å²) in [6, 6.07) is 4.35. The van der Waals surface area contributed by atoms with Crippen molar-refractivity contribution in [2.45, 2.75) is 31.7 Å². The summed E-state index contributed by atoms with van der Waals surface area (Å²) >= 11 is 6.75. The Labute approximate surface area is 129 Å². The normalized spacial score (nSPS) is 23.1. The van der Waals surface area contributed by atoms with Crippen LogP contribution in [0.25, 0.3) is 0 Å². The van der Waals surface area contributed by atoms with Crippen molar-refractivity contribution in [1.29, 1.82) is 0 Å². The molecule has 2 rings (SSSR count). The minimum Gasteiger partial charge on any atom is -0.349 e. The molecule has 0 saturated heterocycles. The molecule has 19 heavy (non-hydrogen) atoms. The third-order valence-corrected chi connectivity index (χ3v) is 5.09. The fourth-order valence-electron chi connectivity index (χ4n) is 2.50. The number of carbonyl (C=O) groups is 1. The van der Waals surface area contributed by atoms with E-state index in [1.807, 2.05) is 0 Å². The summed E-state index contributed by atoms with van der Waals surface area (Å²) < 4.78 is 13.5. The zero-order valence-electron chi connectivity index (χ0n) is 10.5. The molecule has 2 unspecified atom stereocenters. The lowest BCUT2D eigenvalue weighted by Crippen LogP contribution is -2.42. The predicted molar refractivity (Wildman–Crippen MR) is 81.1 cm³/mol. The first-order valence-corrected chi connectivity index (χ1v) is 8.35. The van der Waals surface area contributed by atoms with Crippen LogP contribution >= 0.6 is 31.9 Å². The van der Waals surface area contributed by atoms with Crippen LogP contribution in [0.2, 0.25) is 0 Å². The molecule has 1 N–H and O–H groups in total. The van der Waals surface area contributed by atoms with Crippen LogP contribution < -0.4 is 5.32 Å². The average molecular weight is 393 g/mol. The summed E-state index contributed by atoms with van der Waals surface area (Å²) in [5, 5.41) is 3.98. The quantitative estimate of drug-likeness (QED) is 0.764. The van der Waals surface area contributed by atoms with Crippen molar-refractivity contribution in [2.75, 3.05) is 5.33 Å². The van der Waals surface area contributed by atoms with E-state index in [1.54, 1.807) is 0 Å². The van der Waals surface area contributed by atoms with E-state index in [9.17, 15) is 9.18 Å². The second-order valence-corrected chi connectivity index (χ2v) is 6.40. The third kappa shape index (κ3) is 3.78. The van der Waals surface area contributed by atoms with Gasteiger partial charge in [0.2, 0.25) is 0 Å². The Hall–Kier alpha value is -0.420. The van der Waals surface area contributed by atoms with Crippen molar-refractivity contribution >= 4 is 37.8 Å². The molecule has 0 radical (unpaired) electrons. The Balaban J connectivity index is 2.07. The van der Waals surface area contributed by atoms with Gasteiger partial charge in [-0.3, -0.25) is 4.79 Å². The van der Waals surface area contributed by atoms with Crippen LogP contribution in [-0.4, -0.2) is 17.3 Å². The van der Waals surface area contributed by atoms with E-state index < -0.39 is 0 Å². The largest absolute Gasteiger partial charge is 0.349 e. The van der Waals surface area contributed by atoms with E-state index >= 15 is 0 Å². The van der Waals surface area contributed by atoms with Crippen molar-refractivity contribution in [3.8, 4) is 0 Å². The molecule has 104 valence electrons. The Morgan fingerprint density at radius 1 is 1.37 bits per heavy atom. The van der Waals surface area contributed by atoms with Gasteiger partial charge < -0.3 is 5.32 Å². The van der Waals surface area contributed by atoms with Gasteiger partial charge in [-0.1, -0.05) is 28.8 Å². The van der Waals surface area contributed by atoms with Crippen LogP contribution in [0.1, 0.15) is 36.0 Å². The van der Waals surface area contributed by atoms with Gasteiger partial charge in [-0.15, -0.1) is 0 Å². The summed E-state index contributed by atoms with van der Waals surface area (Å²) in [4.78, 5) is 12.2. The van der Waals surface area contributed by atoms with Crippen LogP contribution in [0.3, 0.4) is 0 Å². The molecule has 1 fully saturated rings. The molecule has 1 aromatic carbocycles. The van der Waals surface area contributed by atoms with Gasteiger partial charge >= 0.3 is 0 Å². The average Bonchev–Trinajstić information content (AvgIpc) is 2.39. The summed E-state index contributed by atoms with van der Waals surface area (Å²) in [7, 11) is 0. The van der Waals surface area contributed by atoms with E-state index in [0.717, 1.165) is 24.6 Å². The van der Waals surface area contributed by atoms with E-state index in [4.69, 9.17) is 0 Å². The summed E-state index contributed by atoms with van der Waals surface area (Å²) in [5.41, 5.74) is 0.486. The van der Waals surface area contributed by atoms with E-state index in [-0.39, 0.29) is 17.8 Å². The van der Waals surface area contributed by atoms with Crippen molar-refractivity contribution in [3.63, 3.8) is 0 Å². The smallest absolute Gasteiger partial charge is 0.252 e. The molecule has 1 aromatic rings. The van der Waals surface area contributed by atoms with Crippen molar-refractivity contribution in [2.24, 2.45) is 5.92 Å². The fourth-order valence-corrected chi connectivity index (χ4v) is 3.81. The maximum absolute atomic E-state index is 13.0.